The number of benzene rings is 2. The molecule has 6 rings (SSSR count). The topological polar surface area (TPSA) is 98.1 Å². The van der Waals surface area contributed by atoms with E-state index in [1.165, 1.54) is 22.4 Å². The highest BCUT2D eigenvalue weighted by Gasteiger charge is 2.34. The number of aryl methyl sites for hydroxylation is 1. The normalized spacial score (nSPS) is 20.5. The van der Waals surface area contributed by atoms with Crippen LogP contribution in [0, 0.1) is 18.3 Å². The van der Waals surface area contributed by atoms with Crippen LogP contribution < -0.4 is 19.3 Å². The highest BCUT2D eigenvalue weighted by Crippen LogP contribution is 2.38. The fraction of sp³-hybridized carbons (Fsp3) is 0.486. The first-order valence-electron chi connectivity index (χ1n) is 16.1. The van der Waals surface area contributed by atoms with Crippen LogP contribution in [0.5, 0.6) is 11.8 Å². The first-order chi connectivity index (χ1) is 21.9. The largest absolute Gasteiger partial charge is 0.486 e. The molecule has 0 saturated carbocycles. The highest BCUT2D eigenvalue weighted by molar-refractivity contribution is 5.97. The minimum absolute atomic E-state index is 0.163. The van der Waals surface area contributed by atoms with Crippen LogP contribution in [0.15, 0.2) is 49.1 Å². The Hall–Kier alpha value is -4.36. The molecule has 4 heterocycles. The molecule has 0 unspecified atom stereocenters. The molecule has 0 aliphatic carbocycles. The van der Waals surface area contributed by atoms with E-state index in [-0.39, 0.29) is 18.4 Å². The molecule has 2 aromatic carbocycles. The number of rotatable bonds is 8. The zero-order chi connectivity index (χ0) is 31.5. The zero-order valence-corrected chi connectivity index (χ0v) is 26.6. The van der Waals surface area contributed by atoms with Gasteiger partial charge in [-0.3, -0.25) is 9.69 Å². The molecule has 3 aliphatic heterocycles. The maximum Gasteiger partial charge on any atom is 0.318 e. The molecular formula is C35H43N7O3. The second kappa shape index (κ2) is 13.3. The maximum atomic E-state index is 12.6. The second-order valence-corrected chi connectivity index (χ2v) is 12.5. The van der Waals surface area contributed by atoms with Crippen LogP contribution in [-0.2, 0) is 11.3 Å². The number of anilines is 2. The van der Waals surface area contributed by atoms with Gasteiger partial charge in [0, 0.05) is 42.8 Å². The molecule has 0 N–H and O–H groups in total. The van der Waals surface area contributed by atoms with Crippen molar-refractivity contribution in [2.45, 2.75) is 64.7 Å². The van der Waals surface area contributed by atoms with Crippen LogP contribution >= 0.6 is 0 Å². The predicted molar refractivity (Wildman–Crippen MR) is 176 cm³/mol. The highest BCUT2D eigenvalue weighted by atomic mass is 16.5. The smallest absolute Gasteiger partial charge is 0.318 e. The number of hydrogen-bond acceptors (Lipinski definition) is 9. The van der Waals surface area contributed by atoms with E-state index in [1.54, 1.807) is 4.90 Å². The van der Waals surface area contributed by atoms with Gasteiger partial charge in [-0.1, -0.05) is 36.9 Å². The number of ether oxygens (including phenoxy) is 2. The first kappa shape index (κ1) is 30.7. The number of carbonyl (C=O) groups is 1. The van der Waals surface area contributed by atoms with E-state index in [0.29, 0.717) is 75.6 Å². The number of likely N-dealkylation sites (tertiary alicyclic amines) is 1. The number of hydrogen-bond donors (Lipinski definition) is 0. The van der Waals surface area contributed by atoms with Crippen molar-refractivity contribution in [1.29, 1.82) is 5.26 Å². The van der Waals surface area contributed by atoms with Gasteiger partial charge in [-0.05, 0) is 63.2 Å². The lowest BCUT2D eigenvalue weighted by Gasteiger charge is -2.41. The van der Waals surface area contributed by atoms with Crippen molar-refractivity contribution in [3.63, 3.8) is 0 Å². The van der Waals surface area contributed by atoms with Crippen LogP contribution in [0.3, 0.4) is 0 Å². The molecule has 2 fully saturated rings. The molecule has 0 radical (unpaired) electrons. The molecule has 0 bridgehead atoms. The van der Waals surface area contributed by atoms with Gasteiger partial charge in [-0.25, -0.2) is 0 Å². The number of fused-ring (bicyclic) bond motifs is 2. The Balaban J connectivity index is 1.36. The van der Waals surface area contributed by atoms with Crippen molar-refractivity contribution < 1.29 is 14.3 Å². The Labute approximate surface area is 265 Å². The average Bonchev–Trinajstić information content (AvgIpc) is 3.42. The predicted octanol–water partition coefficient (Wildman–Crippen LogP) is 4.71. The van der Waals surface area contributed by atoms with Gasteiger partial charge in [-0.15, -0.1) is 0 Å². The molecule has 10 nitrogen and oxygen atoms in total. The SMILES string of the molecule is C=CC(=O)N1CCN(c2nc(OC[C@H]3CCCN3C(C)C)nc3c2OCCN(c2cccc4cccc(C)c24)C3)C[C@@H]1CC#N. The third kappa shape index (κ3) is 6.27. The van der Waals surface area contributed by atoms with E-state index >= 15 is 0 Å². The molecule has 1 aromatic heterocycles. The number of nitrogens with zero attached hydrogens (tertiary/aromatic N) is 7. The molecule has 2 atom stereocenters. The summed E-state index contributed by atoms with van der Waals surface area (Å²) in [7, 11) is 0. The van der Waals surface area contributed by atoms with Gasteiger partial charge in [0.15, 0.2) is 11.6 Å². The van der Waals surface area contributed by atoms with Crippen molar-refractivity contribution >= 4 is 28.2 Å². The maximum absolute atomic E-state index is 12.6. The third-order valence-electron chi connectivity index (χ3n) is 9.33. The summed E-state index contributed by atoms with van der Waals surface area (Å²) in [6.45, 7) is 15.0. The monoisotopic (exact) mass is 609 g/mol. The van der Waals surface area contributed by atoms with Crippen molar-refractivity contribution in [2.75, 3.05) is 55.7 Å². The summed E-state index contributed by atoms with van der Waals surface area (Å²) in [5.74, 6) is 1.14. The standard InChI is InChI=1S/C35H43N7O3/c1-5-31(43)42-18-17-40(21-27(42)14-15-36)34-33-29(37-35(38-34)45-23-28-12-8-16-41(28)24(2)3)22-39(19-20-44-33)30-13-7-11-26-10-6-9-25(4)32(26)30/h5-7,9-11,13,24,27-28H,1,8,12,14,16-23H2,2-4H3/t27-,28+/m0/s1. The second-order valence-electron chi connectivity index (χ2n) is 12.5. The van der Waals surface area contributed by atoms with Crippen LogP contribution in [-0.4, -0.2) is 89.7 Å². The lowest BCUT2D eigenvalue weighted by molar-refractivity contribution is -0.128. The summed E-state index contributed by atoms with van der Waals surface area (Å²) in [6, 6.07) is 15.9. The van der Waals surface area contributed by atoms with E-state index in [0.717, 1.165) is 30.8 Å². The summed E-state index contributed by atoms with van der Waals surface area (Å²) in [5.41, 5.74) is 3.14. The number of piperazine rings is 1. The van der Waals surface area contributed by atoms with E-state index in [2.05, 4.69) is 84.5 Å². The van der Waals surface area contributed by atoms with Gasteiger partial charge in [0.25, 0.3) is 0 Å². The summed E-state index contributed by atoms with van der Waals surface area (Å²) < 4.78 is 12.9. The van der Waals surface area contributed by atoms with Gasteiger partial charge >= 0.3 is 6.01 Å². The molecule has 2 saturated heterocycles. The first-order valence-corrected chi connectivity index (χ1v) is 16.1. The van der Waals surface area contributed by atoms with E-state index in [4.69, 9.17) is 19.4 Å². The molecular weight excluding hydrogens is 566 g/mol. The molecule has 0 spiro atoms. The van der Waals surface area contributed by atoms with Crippen LogP contribution in [0.4, 0.5) is 11.5 Å². The average molecular weight is 610 g/mol. The van der Waals surface area contributed by atoms with Gasteiger partial charge < -0.3 is 24.2 Å². The van der Waals surface area contributed by atoms with Gasteiger partial charge in [0.05, 0.1) is 31.6 Å². The Bertz CT molecular complexity index is 1600. The lowest BCUT2D eigenvalue weighted by atomic mass is 10.0. The van der Waals surface area contributed by atoms with Gasteiger partial charge in [0.2, 0.25) is 5.91 Å². The van der Waals surface area contributed by atoms with Crippen molar-refractivity contribution in [2.24, 2.45) is 0 Å². The summed E-state index contributed by atoms with van der Waals surface area (Å²) in [4.78, 5) is 31.2. The van der Waals surface area contributed by atoms with E-state index in [1.807, 2.05) is 0 Å². The number of nitriles is 1. The minimum Gasteiger partial charge on any atom is -0.486 e. The molecule has 1 amide bonds. The van der Waals surface area contributed by atoms with Crippen LogP contribution in [0.25, 0.3) is 10.8 Å². The number of carbonyl (C=O) groups excluding carboxylic acids is 1. The minimum atomic E-state index is -0.289. The fourth-order valence-electron chi connectivity index (χ4n) is 7.11. The fourth-order valence-corrected chi connectivity index (χ4v) is 7.11. The third-order valence-corrected chi connectivity index (χ3v) is 9.33. The van der Waals surface area contributed by atoms with Crippen molar-refractivity contribution in [3.05, 3.63) is 60.3 Å². The Morgan fingerprint density at radius 3 is 2.73 bits per heavy atom. The van der Waals surface area contributed by atoms with Gasteiger partial charge in [0.1, 0.15) is 18.9 Å². The van der Waals surface area contributed by atoms with E-state index < -0.39 is 0 Å². The summed E-state index contributed by atoms with van der Waals surface area (Å²) >= 11 is 0. The zero-order valence-electron chi connectivity index (χ0n) is 26.6. The van der Waals surface area contributed by atoms with Crippen molar-refractivity contribution in [3.8, 4) is 17.8 Å². The quantitative estimate of drug-likeness (QED) is 0.337. The lowest BCUT2D eigenvalue weighted by Crippen LogP contribution is -2.55. The number of amides is 1. The molecule has 45 heavy (non-hydrogen) atoms. The Morgan fingerprint density at radius 2 is 1.96 bits per heavy atom. The summed E-state index contributed by atoms with van der Waals surface area (Å²) in [6.07, 6.45) is 3.78. The number of aromatic nitrogens is 2. The molecule has 3 aromatic rings. The molecule has 3 aliphatic rings. The van der Waals surface area contributed by atoms with Crippen LogP contribution in [0.1, 0.15) is 44.4 Å². The van der Waals surface area contributed by atoms with E-state index in [9.17, 15) is 10.1 Å². The molecule has 236 valence electrons. The van der Waals surface area contributed by atoms with Crippen molar-refractivity contribution in [1.82, 2.24) is 19.8 Å². The molecule has 10 heteroatoms. The van der Waals surface area contributed by atoms with Gasteiger partial charge in [-0.2, -0.15) is 15.2 Å². The summed E-state index contributed by atoms with van der Waals surface area (Å²) in [5, 5.41) is 12.0. The Kier molecular flexibility index (Phi) is 9.08. The van der Waals surface area contributed by atoms with Crippen LogP contribution in [0.2, 0.25) is 0 Å². The Morgan fingerprint density at radius 1 is 1.13 bits per heavy atom.